The second kappa shape index (κ2) is 8.41. The fourth-order valence-electron chi connectivity index (χ4n) is 2.18. The Kier molecular flexibility index (Phi) is 5.77. The van der Waals surface area contributed by atoms with E-state index in [0.29, 0.717) is 22.1 Å². The molecule has 3 aromatic rings. The quantitative estimate of drug-likeness (QED) is 0.631. The minimum Gasteiger partial charge on any atom is -0.325 e. The summed E-state index contributed by atoms with van der Waals surface area (Å²) in [6, 6.07) is 12.0. The van der Waals surface area contributed by atoms with Crippen molar-refractivity contribution in [3.8, 4) is 0 Å². The third-order valence-electron chi connectivity index (χ3n) is 3.46. The zero-order valence-corrected chi connectivity index (χ0v) is 15.0. The lowest BCUT2D eigenvalue weighted by Gasteiger charge is -2.11. The summed E-state index contributed by atoms with van der Waals surface area (Å²) in [5.74, 6) is -1.02. The molecule has 0 radical (unpaired) electrons. The molecule has 0 aliphatic heterocycles. The highest BCUT2D eigenvalue weighted by Gasteiger charge is 2.14. The van der Waals surface area contributed by atoms with Crippen LogP contribution in [0.1, 0.15) is 10.4 Å². The van der Waals surface area contributed by atoms with Crippen LogP contribution in [0.5, 0.6) is 0 Å². The van der Waals surface area contributed by atoms with Crippen molar-refractivity contribution in [2.45, 2.75) is 5.16 Å². The van der Waals surface area contributed by atoms with Gasteiger partial charge in [0.1, 0.15) is 5.82 Å². The van der Waals surface area contributed by atoms with Gasteiger partial charge in [0.15, 0.2) is 0 Å². The normalized spacial score (nSPS) is 10.4. The first kappa shape index (κ1) is 18.5. The summed E-state index contributed by atoms with van der Waals surface area (Å²) in [7, 11) is 1.68. The van der Waals surface area contributed by atoms with Crippen LogP contribution in [-0.2, 0) is 11.8 Å². The first-order valence-electron chi connectivity index (χ1n) is 7.84. The molecule has 3 rings (SSSR count). The van der Waals surface area contributed by atoms with Crippen LogP contribution in [0.25, 0.3) is 0 Å². The SMILES string of the molecule is Cn1nnnc1SCC(=O)Nc1ccccc1C(=O)Nc1ccc(F)cc1. The fourth-order valence-corrected chi connectivity index (χ4v) is 2.83. The van der Waals surface area contributed by atoms with Crippen molar-refractivity contribution in [2.24, 2.45) is 7.05 Å². The van der Waals surface area contributed by atoms with E-state index in [1.807, 2.05) is 0 Å². The number of hydrogen-bond acceptors (Lipinski definition) is 6. The second-order valence-corrected chi connectivity index (χ2v) is 6.37. The molecule has 0 saturated heterocycles. The van der Waals surface area contributed by atoms with Crippen LogP contribution < -0.4 is 10.6 Å². The molecule has 138 valence electrons. The Morgan fingerprint density at radius 3 is 2.56 bits per heavy atom. The molecule has 0 fully saturated rings. The van der Waals surface area contributed by atoms with Gasteiger partial charge >= 0.3 is 0 Å². The van der Waals surface area contributed by atoms with Gasteiger partial charge in [-0.05, 0) is 46.8 Å². The van der Waals surface area contributed by atoms with Crippen LogP contribution in [0.3, 0.4) is 0 Å². The fraction of sp³-hybridized carbons (Fsp3) is 0.118. The number of nitrogens with one attached hydrogen (secondary N) is 2. The molecule has 8 nitrogen and oxygen atoms in total. The Morgan fingerprint density at radius 1 is 1.11 bits per heavy atom. The van der Waals surface area contributed by atoms with Gasteiger partial charge in [-0.2, -0.15) is 0 Å². The van der Waals surface area contributed by atoms with Crippen molar-refractivity contribution in [1.29, 1.82) is 0 Å². The van der Waals surface area contributed by atoms with Crippen molar-refractivity contribution < 1.29 is 14.0 Å². The molecule has 27 heavy (non-hydrogen) atoms. The Balaban J connectivity index is 1.66. The lowest BCUT2D eigenvalue weighted by Crippen LogP contribution is -2.19. The highest BCUT2D eigenvalue weighted by Crippen LogP contribution is 2.19. The standard InChI is InChI=1S/C17H15FN6O2S/c1-24-17(21-22-23-24)27-10-15(25)20-14-5-3-2-4-13(14)16(26)19-12-8-6-11(18)7-9-12/h2-9H,10H2,1H3,(H,19,26)(H,20,25). The lowest BCUT2D eigenvalue weighted by molar-refractivity contribution is -0.113. The molecule has 0 saturated carbocycles. The van der Waals surface area contributed by atoms with E-state index >= 15 is 0 Å². The summed E-state index contributed by atoms with van der Waals surface area (Å²) in [4.78, 5) is 24.7. The maximum absolute atomic E-state index is 13.0. The van der Waals surface area contributed by atoms with Crippen molar-refractivity contribution in [2.75, 3.05) is 16.4 Å². The summed E-state index contributed by atoms with van der Waals surface area (Å²) in [5.41, 5.74) is 1.12. The molecule has 0 unspecified atom stereocenters. The van der Waals surface area contributed by atoms with Crippen LogP contribution in [-0.4, -0.2) is 37.8 Å². The summed E-state index contributed by atoms with van der Waals surface area (Å²) >= 11 is 1.18. The van der Waals surface area contributed by atoms with Gasteiger partial charge in [-0.15, -0.1) is 5.10 Å². The van der Waals surface area contributed by atoms with E-state index in [1.165, 1.54) is 40.7 Å². The maximum Gasteiger partial charge on any atom is 0.257 e. The average Bonchev–Trinajstić information content (AvgIpc) is 3.07. The third kappa shape index (κ3) is 4.88. The molecule has 2 amide bonds. The Labute approximate surface area is 158 Å². The van der Waals surface area contributed by atoms with Gasteiger partial charge in [0.25, 0.3) is 5.91 Å². The van der Waals surface area contributed by atoms with Gasteiger partial charge in [0, 0.05) is 12.7 Å². The smallest absolute Gasteiger partial charge is 0.257 e. The van der Waals surface area contributed by atoms with Crippen LogP contribution in [0.15, 0.2) is 53.7 Å². The number of tetrazole rings is 1. The number of rotatable bonds is 6. The first-order chi connectivity index (χ1) is 13.0. The number of carbonyl (C=O) groups excluding carboxylic acids is 2. The van der Waals surface area contributed by atoms with Gasteiger partial charge in [-0.25, -0.2) is 9.07 Å². The van der Waals surface area contributed by atoms with Gasteiger partial charge in [-0.1, -0.05) is 23.9 Å². The van der Waals surface area contributed by atoms with Crippen molar-refractivity contribution in [3.63, 3.8) is 0 Å². The average molecular weight is 386 g/mol. The summed E-state index contributed by atoms with van der Waals surface area (Å²) < 4.78 is 14.4. The van der Waals surface area contributed by atoms with E-state index in [2.05, 4.69) is 26.2 Å². The van der Waals surface area contributed by atoms with Crippen molar-refractivity contribution in [1.82, 2.24) is 20.2 Å². The Morgan fingerprint density at radius 2 is 1.85 bits per heavy atom. The van der Waals surface area contributed by atoms with Crippen LogP contribution in [0.2, 0.25) is 0 Å². The maximum atomic E-state index is 13.0. The second-order valence-electron chi connectivity index (χ2n) is 5.43. The number of anilines is 2. The molecule has 1 aromatic heterocycles. The number of carbonyl (C=O) groups is 2. The van der Waals surface area contributed by atoms with Crippen LogP contribution >= 0.6 is 11.8 Å². The van der Waals surface area contributed by atoms with E-state index in [0.717, 1.165) is 0 Å². The summed E-state index contributed by atoms with van der Waals surface area (Å²) in [6.45, 7) is 0. The van der Waals surface area contributed by atoms with Gasteiger partial charge in [0.2, 0.25) is 11.1 Å². The highest BCUT2D eigenvalue weighted by molar-refractivity contribution is 7.99. The molecule has 2 aromatic carbocycles. The molecule has 10 heteroatoms. The number of thioether (sulfide) groups is 1. The predicted octanol–water partition coefficient (Wildman–Crippen LogP) is 2.33. The van der Waals surface area contributed by atoms with Crippen molar-refractivity contribution >= 4 is 35.0 Å². The zero-order valence-electron chi connectivity index (χ0n) is 14.2. The van der Waals surface area contributed by atoms with Crippen molar-refractivity contribution in [3.05, 3.63) is 59.9 Å². The van der Waals surface area contributed by atoms with Gasteiger partial charge in [0.05, 0.1) is 17.0 Å². The number of halogens is 1. The lowest BCUT2D eigenvalue weighted by atomic mass is 10.1. The Bertz CT molecular complexity index is 960. The minimum absolute atomic E-state index is 0.0854. The van der Waals surface area contributed by atoms with E-state index in [4.69, 9.17) is 0 Å². The summed E-state index contributed by atoms with van der Waals surface area (Å²) in [5, 5.41) is 16.9. The highest BCUT2D eigenvalue weighted by atomic mass is 32.2. The molecule has 0 aliphatic rings. The minimum atomic E-state index is -0.414. The number of nitrogens with zero attached hydrogens (tertiary/aromatic N) is 4. The predicted molar refractivity (Wildman–Crippen MR) is 98.9 cm³/mol. The molecule has 0 bridgehead atoms. The number of hydrogen-bond donors (Lipinski definition) is 2. The van der Waals surface area contributed by atoms with Gasteiger partial charge in [-0.3, -0.25) is 9.59 Å². The summed E-state index contributed by atoms with van der Waals surface area (Å²) in [6.07, 6.45) is 0. The molecular weight excluding hydrogens is 371 g/mol. The molecule has 0 atom stereocenters. The van der Waals surface area contributed by atoms with E-state index in [-0.39, 0.29) is 11.7 Å². The van der Waals surface area contributed by atoms with Crippen LogP contribution in [0, 0.1) is 5.82 Å². The number of amides is 2. The van der Waals surface area contributed by atoms with E-state index < -0.39 is 11.7 Å². The van der Waals surface area contributed by atoms with Gasteiger partial charge < -0.3 is 10.6 Å². The number of aromatic nitrogens is 4. The van der Waals surface area contributed by atoms with Crippen LogP contribution in [0.4, 0.5) is 15.8 Å². The monoisotopic (exact) mass is 386 g/mol. The number of benzene rings is 2. The number of aryl methyl sites for hydroxylation is 1. The largest absolute Gasteiger partial charge is 0.325 e. The molecule has 2 N–H and O–H groups in total. The third-order valence-corrected chi connectivity index (χ3v) is 4.47. The molecular formula is C17H15FN6O2S. The molecule has 0 aliphatic carbocycles. The zero-order chi connectivity index (χ0) is 19.2. The first-order valence-corrected chi connectivity index (χ1v) is 8.82. The van der Waals surface area contributed by atoms with E-state index in [1.54, 1.807) is 31.3 Å². The molecule has 1 heterocycles. The van der Waals surface area contributed by atoms with E-state index in [9.17, 15) is 14.0 Å². The number of para-hydroxylation sites is 1. The topological polar surface area (TPSA) is 102 Å². The Hall–Kier alpha value is -3.27. The molecule has 0 spiro atoms.